The molecule has 1 aromatic heterocycles. The van der Waals surface area contributed by atoms with E-state index >= 15 is 0 Å². The number of benzene rings is 2. The molecular formula is C20H17F2N3O3S. The molecule has 3 aromatic rings. The van der Waals surface area contributed by atoms with E-state index in [-0.39, 0.29) is 17.3 Å². The van der Waals surface area contributed by atoms with Crippen LogP contribution in [0.2, 0.25) is 0 Å². The fourth-order valence-corrected chi connectivity index (χ4v) is 4.32. The summed E-state index contributed by atoms with van der Waals surface area (Å²) in [6.07, 6.45) is 1.41. The van der Waals surface area contributed by atoms with Crippen LogP contribution in [0.25, 0.3) is 0 Å². The number of rotatable bonds is 5. The van der Waals surface area contributed by atoms with Gasteiger partial charge in [0, 0.05) is 18.5 Å². The van der Waals surface area contributed by atoms with Gasteiger partial charge >= 0.3 is 0 Å². The number of aryl methyl sites for hydroxylation is 2. The number of aromatic nitrogens is 2. The third-order valence-corrected chi connectivity index (χ3v) is 6.13. The zero-order valence-corrected chi connectivity index (χ0v) is 16.3. The lowest BCUT2D eigenvalue weighted by atomic mass is 10.1. The molecule has 0 atom stereocenters. The Morgan fingerprint density at radius 3 is 2.52 bits per heavy atom. The van der Waals surface area contributed by atoms with Gasteiger partial charge in [-0.2, -0.15) is 0 Å². The fourth-order valence-electron chi connectivity index (χ4n) is 3.30. The second kappa shape index (κ2) is 7.07. The number of halogens is 2. The third-order valence-electron chi connectivity index (χ3n) is 4.79. The summed E-state index contributed by atoms with van der Waals surface area (Å²) in [4.78, 5) is 16.9. The highest BCUT2D eigenvalue weighted by Crippen LogP contribution is 2.28. The van der Waals surface area contributed by atoms with Crippen molar-refractivity contribution in [3.05, 3.63) is 76.7 Å². The van der Waals surface area contributed by atoms with Gasteiger partial charge < -0.3 is 4.57 Å². The topological polar surface area (TPSA) is 81.1 Å². The van der Waals surface area contributed by atoms with Crippen molar-refractivity contribution in [2.75, 3.05) is 4.72 Å². The molecule has 1 aliphatic heterocycles. The van der Waals surface area contributed by atoms with Crippen molar-refractivity contribution in [1.82, 2.24) is 9.55 Å². The van der Waals surface area contributed by atoms with Crippen LogP contribution in [0.4, 0.5) is 14.6 Å². The summed E-state index contributed by atoms with van der Waals surface area (Å²) in [5.74, 6) is -2.32. The molecule has 0 saturated heterocycles. The summed E-state index contributed by atoms with van der Waals surface area (Å²) >= 11 is 0. The molecule has 0 spiro atoms. The molecule has 0 aliphatic carbocycles. The molecule has 1 aliphatic rings. The molecule has 0 fully saturated rings. The van der Waals surface area contributed by atoms with Crippen LogP contribution in [0.5, 0.6) is 0 Å². The molecule has 1 N–H and O–H groups in total. The first-order chi connectivity index (χ1) is 13.8. The number of nitrogens with one attached hydrogen (secondary N) is 1. The second-order valence-corrected chi connectivity index (χ2v) is 8.54. The molecule has 29 heavy (non-hydrogen) atoms. The van der Waals surface area contributed by atoms with Crippen molar-refractivity contribution in [3.8, 4) is 0 Å². The summed E-state index contributed by atoms with van der Waals surface area (Å²) in [6.45, 7) is 2.44. The highest BCUT2D eigenvalue weighted by Gasteiger charge is 2.29. The Balaban J connectivity index is 1.76. The normalized spacial score (nSPS) is 13.3. The summed E-state index contributed by atoms with van der Waals surface area (Å²) in [5, 5.41) is 0. The number of ketones is 1. The summed E-state index contributed by atoms with van der Waals surface area (Å²) in [6, 6.07) is 9.18. The first-order valence-electron chi connectivity index (χ1n) is 8.95. The van der Waals surface area contributed by atoms with Crippen molar-refractivity contribution in [2.45, 2.75) is 31.2 Å². The van der Waals surface area contributed by atoms with Crippen LogP contribution in [0.3, 0.4) is 0 Å². The van der Waals surface area contributed by atoms with Gasteiger partial charge in [0.25, 0.3) is 10.0 Å². The lowest BCUT2D eigenvalue weighted by Crippen LogP contribution is -2.18. The number of nitrogens with zero attached hydrogens (tertiary/aromatic N) is 2. The van der Waals surface area contributed by atoms with Crippen LogP contribution in [0.15, 0.2) is 47.4 Å². The molecule has 0 bridgehead atoms. The molecule has 0 unspecified atom stereocenters. The first kappa shape index (κ1) is 19.3. The molecule has 4 rings (SSSR count). The quantitative estimate of drug-likeness (QED) is 0.645. The lowest BCUT2D eigenvalue weighted by molar-refractivity contribution is 0.103. The van der Waals surface area contributed by atoms with Gasteiger partial charge in [-0.3, -0.25) is 9.52 Å². The van der Waals surface area contributed by atoms with E-state index in [1.807, 2.05) is 6.92 Å². The number of imidazole rings is 1. The van der Waals surface area contributed by atoms with Gasteiger partial charge in [-0.1, -0.05) is 29.8 Å². The summed E-state index contributed by atoms with van der Waals surface area (Å²) < 4.78 is 56.0. The zero-order valence-electron chi connectivity index (χ0n) is 15.4. The van der Waals surface area contributed by atoms with Gasteiger partial charge in [0.15, 0.2) is 17.5 Å². The minimum Gasteiger partial charge on any atom is -0.323 e. The average Bonchev–Trinajstić information content (AvgIpc) is 3.24. The highest BCUT2D eigenvalue weighted by atomic mass is 32.2. The predicted octanol–water partition coefficient (Wildman–Crippen LogP) is 3.45. The molecule has 2 aromatic carbocycles. The number of hydrogen-bond acceptors (Lipinski definition) is 4. The molecule has 6 nitrogen and oxygen atoms in total. The Hall–Kier alpha value is -3.07. The molecule has 9 heteroatoms. The maximum Gasteiger partial charge on any atom is 0.263 e. The van der Waals surface area contributed by atoms with E-state index in [0.29, 0.717) is 30.4 Å². The molecule has 0 amide bonds. The van der Waals surface area contributed by atoms with E-state index in [4.69, 9.17) is 0 Å². The Morgan fingerprint density at radius 1 is 1.10 bits per heavy atom. The molecule has 2 heterocycles. The average molecular weight is 417 g/mol. The Morgan fingerprint density at radius 2 is 1.83 bits per heavy atom. The maximum atomic E-state index is 13.5. The fraction of sp³-hybridized carbons (Fsp3) is 0.200. The number of carbonyl (C=O) groups excluding carboxylic acids is 1. The molecule has 0 radical (unpaired) electrons. The van der Waals surface area contributed by atoms with Crippen molar-refractivity contribution in [2.24, 2.45) is 0 Å². The maximum absolute atomic E-state index is 13.5. The van der Waals surface area contributed by atoms with E-state index in [0.717, 1.165) is 24.1 Å². The van der Waals surface area contributed by atoms with Gasteiger partial charge in [0.05, 0.1) is 4.90 Å². The summed E-state index contributed by atoms with van der Waals surface area (Å²) in [5.41, 5.74) is 1.52. The van der Waals surface area contributed by atoms with E-state index in [1.54, 1.807) is 28.8 Å². The Bertz CT molecular complexity index is 1220. The predicted molar refractivity (Wildman–Crippen MR) is 102 cm³/mol. The van der Waals surface area contributed by atoms with Crippen molar-refractivity contribution < 1.29 is 22.0 Å². The van der Waals surface area contributed by atoms with Crippen LogP contribution in [-0.2, 0) is 23.0 Å². The van der Waals surface area contributed by atoms with E-state index in [9.17, 15) is 22.0 Å². The zero-order chi connectivity index (χ0) is 20.8. The van der Waals surface area contributed by atoms with Gasteiger partial charge in [0.1, 0.15) is 11.5 Å². The highest BCUT2D eigenvalue weighted by molar-refractivity contribution is 7.92. The Labute approximate surface area is 166 Å². The number of sulfonamides is 1. The lowest BCUT2D eigenvalue weighted by Gasteiger charge is -2.10. The van der Waals surface area contributed by atoms with Crippen LogP contribution in [0.1, 0.15) is 33.9 Å². The van der Waals surface area contributed by atoms with Crippen LogP contribution < -0.4 is 4.72 Å². The number of carbonyl (C=O) groups is 1. The molecule has 0 saturated carbocycles. The van der Waals surface area contributed by atoms with Crippen LogP contribution in [-0.4, -0.2) is 23.8 Å². The van der Waals surface area contributed by atoms with Crippen LogP contribution in [0, 0.1) is 18.6 Å². The van der Waals surface area contributed by atoms with Crippen molar-refractivity contribution in [3.63, 3.8) is 0 Å². The number of anilines is 1. The largest absolute Gasteiger partial charge is 0.323 e. The van der Waals surface area contributed by atoms with Crippen molar-refractivity contribution >= 4 is 21.6 Å². The minimum absolute atomic E-state index is 0.116. The summed E-state index contributed by atoms with van der Waals surface area (Å²) in [7, 11) is -4.27. The monoisotopic (exact) mass is 417 g/mol. The smallest absolute Gasteiger partial charge is 0.263 e. The van der Waals surface area contributed by atoms with Gasteiger partial charge in [-0.05, 0) is 31.5 Å². The molecule has 150 valence electrons. The van der Waals surface area contributed by atoms with Gasteiger partial charge in [0.2, 0.25) is 5.78 Å². The minimum atomic E-state index is -4.27. The van der Waals surface area contributed by atoms with E-state index in [2.05, 4.69) is 9.71 Å². The van der Waals surface area contributed by atoms with Crippen molar-refractivity contribution in [1.29, 1.82) is 0 Å². The standard InChI is InChI=1S/C20H17F2N3O3S/c1-12-4-6-13(7-5-12)19(26)18-20(23-17-3-2-10-25(17)18)24-29(27,28)14-8-9-15(21)16(22)11-14/h4-9,11,24H,2-3,10H2,1H3. The number of hydrogen-bond donors (Lipinski definition) is 1. The van der Waals surface area contributed by atoms with E-state index < -0.39 is 26.6 Å². The van der Waals surface area contributed by atoms with Gasteiger partial charge in [-0.25, -0.2) is 22.2 Å². The third kappa shape index (κ3) is 3.53. The SMILES string of the molecule is Cc1ccc(C(=O)c2c(NS(=O)(=O)c3ccc(F)c(F)c3)nc3n2CCC3)cc1. The van der Waals surface area contributed by atoms with Gasteiger partial charge in [-0.15, -0.1) is 0 Å². The van der Waals surface area contributed by atoms with Crippen LogP contribution >= 0.6 is 0 Å². The van der Waals surface area contributed by atoms with E-state index in [1.165, 1.54) is 0 Å². The number of fused-ring (bicyclic) bond motifs is 1. The Kier molecular flexibility index (Phi) is 4.70. The second-order valence-electron chi connectivity index (χ2n) is 6.86. The first-order valence-corrected chi connectivity index (χ1v) is 10.4. The molecular weight excluding hydrogens is 400 g/mol.